The van der Waals surface area contributed by atoms with Gasteiger partial charge in [0.25, 0.3) is 0 Å². The quantitative estimate of drug-likeness (QED) is 0.834. The summed E-state index contributed by atoms with van der Waals surface area (Å²) in [6, 6.07) is 5.70. The molecule has 1 fully saturated rings. The molecular weight excluding hydrogens is 348 g/mol. The van der Waals surface area contributed by atoms with E-state index in [0.29, 0.717) is 32.6 Å². The van der Waals surface area contributed by atoms with Crippen LogP contribution in [0.25, 0.3) is 0 Å². The number of benzene rings is 1. The molecule has 122 valence electrons. The van der Waals surface area contributed by atoms with E-state index >= 15 is 0 Å². The number of nitrogens with two attached hydrogens (primary N) is 1. The van der Waals surface area contributed by atoms with Crippen LogP contribution in [0.2, 0.25) is 0 Å². The van der Waals surface area contributed by atoms with Crippen LogP contribution in [0.5, 0.6) is 5.75 Å². The zero-order valence-electron chi connectivity index (χ0n) is 13.0. The third-order valence-corrected chi connectivity index (χ3v) is 4.97. The van der Waals surface area contributed by atoms with E-state index in [2.05, 4.69) is 21.2 Å². The first-order valence-corrected chi connectivity index (χ1v) is 8.24. The highest BCUT2D eigenvalue weighted by Gasteiger charge is 2.39. The van der Waals surface area contributed by atoms with Crippen LogP contribution in [0, 0.1) is 5.41 Å². The summed E-state index contributed by atoms with van der Waals surface area (Å²) in [6.07, 6.45) is 1.35. The molecule has 1 amide bonds. The SMILES string of the molecule is COc1ccc(C(C)NC(=O)C2(CN)CCOCC2)cc1Br. The molecule has 22 heavy (non-hydrogen) atoms. The lowest BCUT2D eigenvalue weighted by atomic mass is 9.79. The summed E-state index contributed by atoms with van der Waals surface area (Å²) in [4.78, 5) is 12.7. The maximum Gasteiger partial charge on any atom is 0.228 e. The Labute approximate surface area is 139 Å². The lowest BCUT2D eigenvalue weighted by Gasteiger charge is -2.35. The molecule has 1 atom stereocenters. The van der Waals surface area contributed by atoms with Gasteiger partial charge in [0, 0.05) is 19.8 Å². The van der Waals surface area contributed by atoms with Gasteiger partial charge in [-0.05, 0) is 53.4 Å². The van der Waals surface area contributed by atoms with Crippen molar-refractivity contribution in [1.29, 1.82) is 0 Å². The van der Waals surface area contributed by atoms with Gasteiger partial charge in [-0.15, -0.1) is 0 Å². The molecule has 0 aromatic heterocycles. The van der Waals surface area contributed by atoms with Crippen molar-refractivity contribution < 1.29 is 14.3 Å². The molecule has 2 rings (SSSR count). The zero-order valence-corrected chi connectivity index (χ0v) is 14.6. The van der Waals surface area contributed by atoms with Crippen molar-refractivity contribution >= 4 is 21.8 Å². The molecule has 3 N–H and O–H groups in total. The predicted molar refractivity (Wildman–Crippen MR) is 88.8 cm³/mol. The molecule has 1 aromatic rings. The molecule has 1 aliphatic rings. The second-order valence-corrected chi connectivity index (χ2v) is 6.54. The van der Waals surface area contributed by atoms with Crippen LogP contribution < -0.4 is 15.8 Å². The number of carbonyl (C=O) groups excluding carboxylic acids is 1. The molecule has 0 radical (unpaired) electrons. The van der Waals surface area contributed by atoms with Gasteiger partial charge in [-0.3, -0.25) is 4.79 Å². The number of ether oxygens (including phenoxy) is 2. The van der Waals surface area contributed by atoms with Crippen molar-refractivity contribution in [3.63, 3.8) is 0 Å². The minimum absolute atomic E-state index is 0.0118. The van der Waals surface area contributed by atoms with E-state index in [-0.39, 0.29) is 11.9 Å². The summed E-state index contributed by atoms with van der Waals surface area (Å²) >= 11 is 3.47. The Morgan fingerprint density at radius 3 is 2.73 bits per heavy atom. The van der Waals surface area contributed by atoms with Crippen molar-refractivity contribution in [3.8, 4) is 5.75 Å². The third kappa shape index (κ3) is 3.62. The van der Waals surface area contributed by atoms with Gasteiger partial charge in [-0.1, -0.05) is 6.07 Å². The first kappa shape index (κ1) is 17.2. The number of rotatable bonds is 5. The van der Waals surface area contributed by atoms with Crippen molar-refractivity contribution in [2.24, 2.45) is 11.1 Å². The van der Waals surface area contributed by atoms with Gasteiger partial charge in [0.2, 0.25) is 5.91 Å². The van der Waals surface area contributed by atoms with Gasteiger partial charge < -0.3 is 20.5 Å². The third-order valence-electron chi connectivity index (χ3n) is 4.35. The molecule has 1 aliphatic heterocycles. The second kappa shape index (κ2) is 7.44. The molecular formula is C16H23BrN2O3. The summed E-state index contributed by atoms with van der Waals surface area (Å²) in [5.41, 5.74) is 6.39. The smallest absolute Gasteiger partial charge is 0.228 e. The zero-order chi connectivity index (χ0) is 16.2. The van der Waals surface area contributed by atoms with Crippen LogP contribution in [0.1, 0.15) is 31.4 Å². The Kier molecular flexibility index (Phi) is 5.83. The Balaban J connectivity index is 2.08. The molecule has 0 aliphatic carbocycles. The maximum atomic E-state index is 12.7. The van der Waals surface area contributed by atoms with E-state index in [1.165, 1.54) is 0 Å². The van der Waals surface area contributed by atoms with Gasteiger partial charge in [0.05, 0.1) is 23.0 Å². The van der Waals surface area contributed by atoms with Crippen molar-refractivity contribution in [3.05, 3.63) is 28.2 Å². The Hall–Kier alpha value is -1.11. The van der Waals surface area contributed by atoms with Crippen LogP contribution in [0.3, 0.4) is 0 Å². The maximum absolute atomic E-state index is 12.7. The fraction of sp³-hybridized carbons (Fsp3) is 0.562. The number of halogens is 1. The summed E-state index contributed by atoms with van der Waals surface area (Å²) in [5, 5.41) is 3.09. The monoisotopic (exact) mass is 370 g/mol. The number of carbonyl (C=O) groups is 1. The van der Waals surface area contributed by atoms with E-state index in [1.54, 1.807) is 7.11 Å². The highest BCUT2D eigenvalue weighted by molar-refractivity contribution is 9.10. The molecule has 0 saturated carbocycles. The number of amides is 1. The van der Waals surface area contributed by atoms with E-state index < -0.39 is 5.41 Å². The van der Waals surface area contributed by atoms with Crippen molar-refractivity contribution in [2.45, 2.75) is 25.8 Å². The topological polar surface area (TPSA) is 73.6 Å². The molecule has 1 saturated heterocycles. The first-order valence-electron chi connectivity index (χ1n) is 7.44. The fourth-order valence-corrected chi connectivity index (χ4v) is 3.23. The Morgan fingerprint density at radius 2 is 2.18 bits per heavy atom. The van der Waals surface area contributed by atoms with Gasteiger partial charge in [0.15, 0.2) is 0 Å². The predicted octanol–water partition coefficient (Wildman–Crippen LogP) is 2.39. The van der Waals surface area contributed by atoms with E-state index in [0.717, 1.165) is 15.8 Å². The second-order valence-electron chi connectivity index (χ2n) is 5.69. The van der Waals surface area contributed by atoms with Gasteiger partial charge >= 0.3 is 0 Å². The van der Waals surface area contributed by atoms with Gasteiger partial charge in [-0.25, -0.2) is 0 Å². The van der Waals surface area contributed by atoms with Crippen LogP contribution in [-0.4, -0.2) is 32.8 Å². The standard InChI is InChI=1S/C16H23BrN2O3/c1-11(12-3-4-14(21-2)13(17)9-12)19-15(20)16(10-18)5-7-22-8-6-16/h3-4,9,11H,5-8,10,18H2,1-2H3,(H,19,20). The summed E-state index contributed by atoms with van der Waals surface area (Å²) in [6.45, 7) is 3.50. The molecule has 0 bridgehead atoms. The lowest BCUT2D eigenvalue weighted by molar-refractivity contribution is -0.136. The lowest BCUT2D eigenvalue weighted by Crippen LogP contribution is -2.49. The minimum Gasteiger partial charge on any atom is -0.496 e. The summed E-state index contributed by atoms with van der Waals surface area (Å²) < 4.78 is 11.4. The Morgan fingerprint density at radius 1 is 1.50 bits per heavy atom. The van der Waals surface area contributed by atoms with E-state index in [9.17, 15) is 4.79 Å². The van der Waals surface area contributed by atoms with Crippen LogP contribution >= 0.6 is 15.9 Å². The highest BCUT2D eigenvalue weighted by atomic mass is 79.9. The largest absolute Gasteiger partial charge is 0.496 e. The Bertz CT molecular complexity index is 530. The summed E-state index contributed by atoms with van der Waals surface area (Å²) in [7, 11) is 1.63. The first-order chi connectivity index (χ1) is 10.5. The minimum atomic E-state index is -0.504. The van der Waals surface area contributed by atoms with E-state index in [1.807, 2.05) is 25.1 Å². The number of hydrogen-bond donors (Lipinski definition) is 2. The fourth-order valence-electron chi connectivity index (χ4n) is 2.67. The van der Waals surface area contributed by atoms with Gasteiger partial charge in [-0.2, -0.15) is 0 Å². The number of nitrogens with one attached hydrogen (secondary N) is 1. The average molecular weight is 371 g/mol. The molecule has 1 heterocycles. The van der Waals surface area contributed by atoms with Crippen molar-refractivity contribution in [1.82, 2.24) is 5.32 Å². The van der Waals surface area contributed by atoms with E-state index in [4.69, 9.17) is 15.2 Å². The van der Waals surface area contributed by atoms with Crippen LogP contribution in [0.15, 0.2) is 22.7 Å². The molecule has 1 unspecified atom stereocenters. The van der Waals surface area contributed by atoms with Crippen LogP contribution in [0.4, 0.5) is 0 Å². The number of methoxy groups -OCH3 is 1. The van der Waals surface area contributed by atoms with Crippen molar-refractivity contribution in [2.75, 3.05) is 26.9 Å². The summed E-state index contributed by atoms with van der Waals surface area (Å²) in [5.74, 6) is 0.780. The highest BCUT2D eigenvalue weighted by Crippen LogP contribution is 2.32. The molecule has 1 aromatic carbocycles. The molecule has 5 nitrogen and oxygen atoms in total. The number of hydrogen-bond acceptors (Lipinski definition) is 4. The average Bonchev–Trinajstić information content (AvgIpc) is 2.55. The normalized spacial score (nSPS) is 18.5. The van der Waals surface area contributed by atoms with Crippen LogP contribution in [-0.2, 0) is 9.53 Å². The van der Waals surface area contributed by atoms with Gasteiger partial charge in [0.1, 0.15) is 5.75 Å². The molecule has 6 heteroatoms. The molecule has 0 spiro atoms.